The summed E-state index contributed by atoms with van der Waals surface area (Å²) >= 11 is 1.57. The molecule has 2 aromatic heterocycles. The maximum absolute atomic E-state index is 11.0. The fourth-order valence-electron chi connectivity index (χ4n) is 3.22. The van der Waals surface area contributed by atoms with Crippen LogP contribution in [0, 0.1) is 11.3 Å². The second-order valence-corrected chi connectivity index (χ2v) is 7.63. The van der Waals surface area contributed by atoms with Crippen LogP contribution < -0.4 is 9.64 Å². The van der Waals surface area contributed by atoms with Gasteiger partial charge in [0.25, 0.3) is 0 Å². The summed E-state index contributed by atoms with van der Waals surface area (Å²) in [5.41, 5.74) is 2.93. The van der Waals surface area contributed by atoms with Gasteiger partial charge in [-0.05, 0) is 35.2 Å². The number of benzene rings is 1. The number of anilines is 1. The highest BCUT2D eigenvalue weighted by Crippen LogP contribution is 2.34. The zero-order valence-electron chi connectivity index (χ0n) is 16.1. The summed E-state index contributed by atoms with van der Waals surface area (Å²) in [6, 6.07) is 14.6. The average molecular weight is 421 g/mol. The number of nitriles is 1. The van der Waals surface area contributed by atoms with Crippen LogP contribution in [0.3, 0.4) is 0 Å². The number of ether oxygens (including phenoxy) is 2. The van der Waals surface area contributed by atoms with Gasteiger partial charge in [0.1, 0.15) is 18.2 Å². The van der Waals surface area contributed by atoms with Crippen molar-refractivity contribution in [1.29, 1.82) is 5.26 Å². The van der Waals surface area contributed by atoms with E-state index in [2.05, 4.69) is 16.0 Å². The van der Waals surface area contributed by atoms with Crippen LogP contribution >= 0.6 is 11.3 Å². The Morgan fingerprint density at radius 2 is 2.03 bits per heavy atom. The maximum Gasteiger partial charge on any atom is 0.335 e. The molecule has 0 atom stereocenters. The standard InChI is InChI=1S/C22H19N3O4S/c23-13-17-19(25-7-9-28-10-8-25)12-18(20-2-1-11-30-20)24-21(17)29-14-15-3-5-16(6-4-15)22(26)27/h1-6,11-12H,7-10,14H2,(H,26,27). The lowest BCUT2D eigenvalue weighted by molar-refractivity contribution is 0.0697. The number of aromatic nitrogens is 1. The fraction of sp³-hybridized carbons (Fsp3) is 0.227. The zero-order chi connectivity index (χ0) is 20.9. The van der Waals surface area contributed by atoms with Gasteiger partial charge in [0, 0.05) is 13.1 Å². The van der Waals surface area contributed by atoms with Crippen molar-refractivity contribution in [3.05, 3.63) is 64.5 Å². The predicted molar refractivity (Wildman–Crippen MR) is 113 cm³/mol. The van der Waals surface area contributed by atoms with Crippen molar-refractivity contribution in [1.82, 2.24) is 4.98 Å². The van der Waals surface area contributed by atoms with Gasteiger partial charge in [0.05, 0.1) is 35.0 Å². The third-order valence-corrected chi connectivity index (χ3v) is 5.67. The lowest BCUT2D eigenvalue weighted by atomic mass is 10.1. The number of rotatable bonds is 6. The Morgan fingerprint density at radius 3 is 2.67 bits per heavy atom. The van der Waals surface area contributed by atoms with E-state index in [4.69, 9.17) is 14.6 Å². The van der Waals surface area contributed by atoms with Gasteiger partial charge < -0.3 is 19.5 Å². The van der Waals surface area contributed by atoms with E-state index in [9.17, 15) is 10.1 Å². The number of pyridine rings is 1. The van der Waals surface area contributed by atoms with Gasteiger partial charge in [0.15, 0.2) is 0 Å². The van der Waals surface area contributed by atoms with Gasteiger partial charge in [0.2, 0.25) is 5.88 Å². The highest BCUT2D eigenvalue weighted by atomic mass is 32.1. The molecule has 7 nitrogen and oxygen atoms in total. The third kappa shape index (κ3) is 4.27. The highest BCUT2D eigenvalue weighted by molar-refractivity contribution is 7.13. The van der Waals surface area contributed by atoms with Crippen molar-refractivity contribution >= 4 is 23.0 Å². The molecule has 1 aliphatic rings. The third-order valence-electron chi connectivity index (χ3n) is 4.78. The van der Waals surface area contributed by atoms with E-state index in [-0.39, 0.29) is 18.1 Å². The summed E-state index contributed by atoms with van der Waals surface area (Å²) in [5.74, 6) is -0.707. The van der Waals surface area contributed by atoms with Crippen molar-refractivity contribution < 1.29 is 19.4 Å². The Hall–Kier alpha value is -3.41. The van der Waals surface area contributed by atoms with E-state index in [1.807, 2.05) is 23.6 Å². The molecule has 1 aliphatic heterocycles. The Kier molecular flexibility index (Phi) is 5.93. The van der Waals surface area contributed by atoms with Gasteiger partial charge in [-0.25, -0.2) is 9.78 Å². The molecule has 0 saturated carbocycles. The Balaban J connectivity index is 1.67. The predicted octanol–water partition coefficient (Wildman–Crippen LogP) is 3.80. The van der Waals surface area contributed by atoms with E-state index < -0.39 is 5.97 Å². The second kappa shape index (κ2) is 8.95. The monoisotopic (exact) mass is 421 g/mol. The molecule has 0 radical (unpaired) electrons. The van der Waals surface area contributed by atoms with E-state index in [1.54, 1.807) is 23.5 Å². The maximum atomic E-state index is 11.0. The van der Waals surface area contributed by atoms with Gasteiger partial charge in [-0.1, -0.05) is 18.2 Å². The molecule has 8 heteroatoms. The summed E-state index contributed by atoms with van der Waals surface area (Å²) < 4.78 is 11.4. The molecule has 4 rings (SSSR count). The van der Waals surface area contributed by atoms with Crippen LogP contribution in [0.15, 0.2) is 47.8 Å². The average Bonchev–Trinajstić information content (AvgIpc) is 3.33. The van der Waals surface area contributed by atoms with Gasteiger partial charge in [-0.3, -0.25) is 0 Å². The zero-order valence-corrected chi connectivity index (χ0v) is 16.9. The first-order valence-electron chi connectivity index (χ1n) is 9.42. The minimum Gasteiger partial charge on any atom is -0.478 e. The number of carbonyl (C=O) groups is 1. The molecule has 1 fully saturated rings. The molecule has 1 saturated heterocycles. The fourth-order valence-corrected chi connectivity index (χ4v) is 3.90. The lowest BCUT2D eigenvalue weighted by Crippen LogP contribution is -2.36. The van der Waals surface area contributed by atoms with E-state index in [1.165, 1.54) is 12.1 Å². The molecule has 0 spiro atoms. The number of carboxylic acid groups (broad SMARTS) is 1. The quantitative estimate of drug-likeness (QED) is 0.647. The molecule has 0 bridgehead atoms. The topological polar surface area (TPSA) is 95.7 Å². The van der Waals surface area contributed by atoms with Crippen LogP contribution in [0.4, 0.5) is 5.69 Å². The highest BCUT2D eigenvalue weighted by Gasteiger charge is 2.21. The summed E-state index contributed by atoms with van der Waals surface area (Å²) in [6.45, 7) is 2.77. The van der Waals surface area contributed by atoms with Crippen LogP contribution in [-0.4, -0.2) is 42.4 Å². The molecule has 3 aromatic rings. The Bertz CT molecular complexity index is 1070. The van der Waals surface area contributed by atoms with Crippen LogP contribution in [0.2, 0.25) is 0 Å². The number of morpholine rings is 1. The van der Waals surface area contributed by atoms with E-state index in [0.29, 0.717) is 31.9 Å². The van der Waals surface area contributed by atoms with Crippen LogP contribution in [0.1, 0.15) is 21.5 Å². The molecule has 0 unspecified atom stereocenters. The van der Waals surface area contributed by atoms with Crippen LogP contribution in [-0.2, 0) is 11.3 Å². The SMILES string of the molecule is N#Cc1c(N2CCOCC2)cc(-c2cccs2)nc1OCc1ccc(C(=O)O)cc1. The van der Waals surface area contributed by atoms with E-state index >= 15 is 0 Å². The van der Waals surface area contributed by atoms with Crippen molar-refractivity contribution in [2.45, 2.75) is 6.61 Å². The molecule has 1 N–H and O–H groups in total. The molecular formula is C22H19N3O4S. The van der Waals surface area contributed by atoms with Gasteiger partial charge in [-0.15, -0.1) is 11.3 Å². The van der Waals surface area contributed by atoms with Crippen molar-refractivity contribution in [2.75, 3.05) is 31.2 Å². The first-order valence-corrected chi connectivity index (χ1v) is 10.3. The number of carboxylic acids is 1. The number of hydrogen-bond donors (Lipinski definition) is 1. The number of aromatic carboxylic acids is 1. The normalized spacial score (nSPS) is 13.6. The molecule has 30 heavy (non-hydrogen) atoms. The smallest absolute Gasteiger partial charge is 0.335 e. The molecule has 152 valence electrons. The Labute approximate surface area is 177 Å². The van der Waals surface area contributed by atoms with Crippen molar-refractivity contribution in [3.63, 3.8) is 0 Å². The minimum absolute atomic E-state index is 0.179. The van der Waals surface area contributed by atoms with Crippen LogP contribution in [0.5, 0.6) is 5.88 Å². The second-order valence-electron chi connectivity index (χ2n) is 6.69. The molecular weight excluding hydrogens is 402 g/mol. The van der Waals surface area contributed by atoms with Crippen molar-refractivity contribution in [2.24, 2.45) is 0 Å². The molecule has 3 heterocycles. The summed E-state index contributed by atoms with van der Waals surface area (Å²) in [6.07, 6.45) is 0. The number of nitrogens with zero attached hydrogens (tertiary/aromatic N) is 3. The Morgan fingerprint density at radius 1 is 1.27 bits per heavy atom. The number of thiophene rings is 1. The first kappa shape index (κ1) is 19.9. The van der Waals surface area contributed by atoms with Crippen LogP contribution in [0.25, 0.3) is 10.6 Å². The molecule has 1 aromatic carbocycles. The van der Waals surface area contributed by atoms with Crippen molar-refractivity contribution in [3.8, 4) is 22.5 Å². The minimum atomic E-state index is -0.977. The van der Waals surface area contributed by atoms with Gasteiger partial charge in [-0.2, -0.15) is 5.26 Å². The summed E-state index contributed by atoms with van der Waals surface area (Å²) in [7, 11) is 0. The first-order chi connectivity index (χ1) is 14.7. The largest absolute Gasteiger partial charge is 0.478 e. The van der Waals surface area contributed by atoms with E-state index in [0.717, 1.165) is 21.8 Å². The summed E-state index contributed by atoms with van der Waals surface area (Å²) in [5, 5.41) is 20.9. The van der Waals surface area contributed by atoms with Gasteiger partial charge >= 0.3 is 5.97 Å². The lowest BCUT2D eigenvalue weighted by Gasteiger charge is -2.30. The molecule has 0 amide bonds. The summed E-state index contributed by atoms with van der Waals surface area (Å²) in [4.78, 5) is 18.7. The number of hydrogen-bond acceptors (Lipinski definition) is 7. The molecule has 0 aliphatic carbocycles.